The Morgan fingerprint density at radius 2 is 1.30 bits per heavy atom. The van der Waals surface area contributed by atoms with Crippen LogP contribution in [-0.4, -0.2) is 168 Å². The van der Waals surface area contributed by atoms with Crippen LogP contribution in [0, 0.1) is 17.8 Å². The largest absolute Gasteiger partial charge is 0.427 e. The lowest BCUT2D eigenvalue weighted by atomic mass is 9.73. The van der Waals surface area contributed by atoms with Gasteiger partial charge in [-0.1, -0.05) is 25.3 Å². The third-order valence-corrected chi connectivity index (χ3v) is 12.1. The average molecular weight is 764 g/mol. The number of rotatable bonds is 11. The zero-order valence-corrected chi connectivity index (χ0v) is 29.9. The van der Waals surface area contributed by atoms with Crippen molar-refractivity contribution >= 4 is 5.97 Å². The highest BCUT2D eigenvalue weighted by atomic mass is 17.2. The summed E-state index contributed by atoms with van der Waals surface area (Å²) >= 11 is 0. The highest BCUT2D eigenvalue weighted by molar-refractivity contribution is 5.81. The van der Waals surface area contributed by atoms with Gasteiger partial charge in [-0.3, -0.25) is 4.89 Å². The van der Waals surface area contributed by atoms with Crippen LogP contribution in [0.1, 0.15) is 77.0 Å². The minimum Gasteiger partial charge on any atom is -0.427 e. The van der Waals surface area contributed by atoms with Crippen molar-refractivity contribution in [1.29, 1.82) is 0 Å². The first-order chi connectivity index (χ1) is 25.4. The van der Waals surface area contributed by atoms with Crippen molar-refractivity contribution in [2.45, 2.75) is 175 Å². The molecule has 304 valence electrons. The molecular formula is C36H59O17+. The van der Waals surface area contributed by atoms with Crippen LogP contribution in [0.25, 0.3) is 0 Å². The van der Waals surface area contributed by atoms with E-state index >= 15 is 0 Å². The smallest absolute Gasteiger partial charge is 0.365 e. The Hall–Kier alpha value is -1.39. The predicted octanol–water partition coefficient (Wildman–Crippen LogP) is -2.03. The maximum atomic E-state index is 12.3. The molecule has 16 unspecified atom stereocenters. The standard InChI is InChI=1S/C36H58O17/c37-15-25-28(41)30(43)32(45)35(51-25)49-23-13-20(39)12-22-21(23)14-24(34(48-22)18-7-9-19(38)10-8-18)50-36-33(46)31(44)29(42)26(52-36)16-47-53-27(40)11-6-17-4-2-1-3-5-17/h6,11,17-26,28-39,41-46H,1-5,7-10,12-16H2/p+1. The highest BCUT2D eigenvalue weighted by Gasteiger charge is 2.56. The Bertz CT molecular complexity index is 1180. The van der Waals surface area contributed by atoms with Crippen molar-refractivity contribution in [1.82, 2.24) is 0 Å². The molecule has 17 heteroatoms. The maximum absolute atomic E-state index is 12.3. The fourth-order valence-corrected chi connectivity index (χ4v) is 9.03. The molecule has 3 saturated heterocycles. The zero-order valence-electron chi connectivity index (χ0n) is 29.9. The van der Waals surface area contributed by atoms with E-state index in [2.05, 4.69) is 0 Å². The summed E-state index contributed by atoms with van der Waals surface area (Å²) in [5.74, 6) is -0.875. The van der Waals surface area contributed by atoms with Gasteiger partial charge in [-0.25, -0.2) is 4.79 Å². The third kappa shape index (κ3) is 9.95. The average Bonchev–Trinajstić information content (AvgIpc) is 3.15. The van der Waals surface area contributed by atoms with Gasteiger partial charge in [0, 0.05) is 24.8 Å². The zero-order chi connectivity index (χ0) is 37.8. The molecule has 17 nitrogen and oxygen atoms in total. The molecule has 53 heavy (non-hydrogen) atoms. The van der Waals surface area contributed by atoms with Gasteiger partial charge in [0.25, 0.3) is 0 Å². The predicted molar refractivity (Wildman–Crippen MR) is 179 cm³/mol. The van der Waals surface area contributed by atoms with E-state index in [0.29, 0.717) is 38.0 Å². The number of aliphatic hydroxyl groups is 11. The Morgan fingerprint density at radius 1 is 0.679 bits per heavy atom. The molecule has 3 saturated carbocycles. The van der Waals surface area contributed by atoms with Gasteiger partial charge < -0.3 is 69.6 Å². The molecule has 6 fully saturated rings. The second kappa shape index (κ2) is 18.7. The van der Waals surface area contributed by atoms with Gasteiger partial charge in [0.1, 0.15) is 61.5 Å². The monoisotopic (exact) mass is 763 g/mol. The third-order valence-electron chi connectivity index (χ3n) is 12.1. The van der Waals surface area contributed by atoms with Crippen LogP contribution in [0.15, 0.2) is 12.2 Å². The van der Waals surface area contributed by atoms with Gasteiger partial charge in [0.15, 0.2) is 24.8 Å². The number of carbonyl (C=O) groups excluding carboxylic acids is 1. The molecule has 0 aromatic carbocycles. The first kappa shape index (κ1) is 41.2. The van der Waals surface area contributed by atoms with Crippen LogP contribution in [0.4, 0.5) is 0 Å². The van der Waals surface area contributed by atoms with Gasteiger partial charge in [-0.2, -0.15) is 4.89 Å². The van der Waals surface area contributed by atoms with E-state index in [-0.39, 0.29) is 18.8 Å². The highest BCUT2D eigenvalue weighted by Crippen LogP contribution is 2.44. The number of aliphatic hydroxyl groups excluding tert-OH is 9. The lowest BCUT2D eigenvalue weighted by Gasteiger charge is -2.50. The van der Waals surface area contributed by atoms with Gasteiger partial charge in [-0.15, -0.1) is 0 Å². The van der Waals surface area contributed by atoms with Gasteiger partial charge in [0.2, 0.25) is 0 Å². The summed E-state index contributed by atoms with van der Waals surface area (Å²) in [6.07, 6.45) is -7.22. The molecule has 6 rings (SSSR count). The fourth-order valence-electron chi connectivity index (χ4n) is 9.03. The summed E-state index contributed by atoms with van der Waals surface area (Å²) in [4.78, 5) is 22.2. The molecule has 6 aliphatic rings. The molecule has 0 aromatic heterocycles. The number of carbonyl (C=O) groups is 1. The summed E-state index contributed by atoms with van der Waals surface area (Å²) in [6, 6.07) is 0. The van der Waals surface area contributed by atoms with Crippen LogP contribution in [0.5, 0.6) is 0 Å². The Morgan fingerprint density at radius 3 is 1.96 bits per heavy atom. The molecule has 0 radical (unpaired) electrons. The van der Waals surface area contributed by atoms with Crippen molar-refractivity contribution < 1.29 is 84.2 Å². The van der Waals surface area contributed by atoms with E-state index in [9.17, 15) is 50.8 Å². The summed E-state index contributed by atoms with van der Waals surface area (Å²) in [5, 5.41) is 94.7. The number of hydrogen-bond acceptors (Lipinski definition) is 16. The number of fused-ring (bicyclic) bond motifs is 1. The first-order valence-electron chi connectivity index (χ1n) is 19.3. The number of allylic oxidation sites excluding steroid dienone is 1. The Kier molecular flexibility index (Phi) is 14.6. The Labute approximate surface area is 308 Å². The molecule has 0 bridgehead atoms. The molecule has 10 N–H and O–H groups in total. The van der Waals surface area contributed by atoms with E-state index < -0.39 is 123 Å². The van der Waals surface area contributed by atoms with E-state index in [4.69, 9.17) is 33.5 Å². The minimum atomic E-state index is -1.70. The van der Waals surface area contributed by atoms with Crippen LogP contribution in [-0.2, 0) is 33.5 Å². The lowest BCUT2D eigenvalue weighted by Crippen LogP contribution is -2.64. The van der Waals surface area contributed by atoms with Crippen LogP contribution >= 0.6 is 0 Å². The van der Waals surface area contributed by atoms with Gasteiger partial charge >= 0.3 is 5.97 Å². The second-order valence-corrected chi connectivity index (χ2v) is 15.8. The maximum Gasteiger partial charge on any atom is 0.365 e. The molecule has 0 aromatic rings. The summed E-state index contributed by atoms with van der Waals surface area (Å²) in [7, 11) is 0. The molecule has 0 amide bonds. The number of hydrogen-bond donors (Lipinski definition) is 9. The second-order valence-electron chi connectivity index (χ2n) is 15.8. The SMILES string of the molecule is O=C(C=CC1CCCCC1)OOCC1OC(OC2CC3C(OC4OC(CO)C(O)C(O)C4O)CC(O)CC3[OH+]C2C2CCC(O)CC2)C(O)C(O)C1O. The normalized spacial score (nSPS) is 47.3. The van der Waals surface area contributed by atoms with E-state index in [1.165, 1.54) is 12.5 Å². The molecule has 3 heterocycles. The fraction of sp³-hybridized carbons (Fsp3) is 0.917. The molecule has 3 aliphatic carbocycles. The van der Waals surface area contributed by atoms with Crippen molar-refractivity contribution in [2.75, 3.05) is 13.2 Å². The van der Waals surface area contributed by atoms with Crippen molar-refractivity contribution in [3.63, 3.8) is 0 Å². The molecule has 16 atom stereocenters. The van der Waals surface area contributed by atoms with E-state index in [1.807, 2.05) is 0 Å². The first-order valence-corrected chi connectivity index (χ1v) is 19.3. The van der Waals surface area contributed by atoms with Crippen molar-refractivity contribution in [2.24, 2.45) is 17.8 Å². The van der Waals surface area contributed by atoms with E-state index in [1.54, 1.807) is 6.08 Å². The van der Waals surface area contributed by atoms with Crippen molar-refractivity contribution in [3.05, 3.63) is 12.2 Å². The molecular weight excluding hydrogens is 704 g/mol. The van der Waals surface area contributed by atoms with E-state index in [0.717, 1.165) is 25.7 Å². The molecule has 0 spiro atoms. The Balaban J connectivity index is 1.14. The van der Waals surface area contributed by atoms with Crippen LogP contribution in [0.2, 0.25) is 0 Å². The quantitative estimate of drug-likeness (QED) is 0.0475. The van der Waals surface area contributed by atoms with Gasteiger partial charge in [0.05, 0.1) is 30.8 Å². The topological polar surface area (TPSA) is 267 Å². The summed E-state index contributed by atoms with van der Waals surface area (Å²) in [6.45, 7) is -1.10. The summed E-state index contributed by atoms with van der Waals surface area (Å²) < 4.78 is 29.3. The van der Waals surface area contributed by atoms with Gasteiger partial charge in [-0.05, 0) is 50.9 Å². The van der Waals surface area contributed by atoms with Crippen molar-refractivity contribution in [3.8, 4) is 0 Å². The summed E-state index contributed by atoms with van der Waals surface area (Å²) in [5.41, 5.74) is 0. The van der Waals surface area contributed by atoms with Crippen LogP contribution < -0.4 is 0 Å². The minimum absolute atomic E-state index is 0.0234. The van der Waals surface area contributed by atoms with Crippen LogP contribution in [0.3, 0.4) is 0 Å². The molecule has 3 aliphatic heterocycles. The number of ether oxygens (including phenoxy) is 5. The lowest BCUT2D eigenvalue weighted by molar-refractivity contribution is -0.373.